The molecule has 0 saturated carbocycles. The van der Waals surface area contributed by atoms with E-state index in [1.54, 1.807) is 14.2 Å². The van der Waals surface area contributed by atoms with E-state index in [-0.39, 0.29) is 5.91 Å². The number of rotatable bonds is 8. The van der Waals surface area contributed by atoms with Crippen molar-refractivity contribution in [3.8, 4) is 5.75 Å². The van der Waals surface area contributed by atoms with Crippen molar-refractivity contribution in [1.82, 2.24) is 4.57 Å². The first-order chi connectivity index (χ1) is 12.7. The van der Waals surface area contributed by atoms with Crippen LogP contribution in [0.5, 0.6) is 5.75 Å². The molecule has 0 atom stereocenters. The molecule has 0 unspecified atom stereocenters. The third-order valence-electron chi connectivity index (χ3n) is 4.44. The van der Waals surface area contributed by atoms with E-state index in [1.165, 1.54) is 0 Å². The van der Waals surface area contributed by atoms with Crippen molar-refractivity contribution < 1.29 is 14.3 Å². The number of hydrogen-bond donors (Lipinski definition) is 1. The number of aromatic nitrogens is 1. The molecule has 1 aromatic heterocycles. The predicted molar refractivity (Wildman–Crippen MR) is 104 cm³/mol. The molecule has 5 nitrogen and oxygen atoms in total. The van der Waals surface area contributed by atoms with Gasteiger partial charge in [0, 0.05) is 31.7 Å². The summed E-state index contributed by atoms with van der Waals surface area (Å²) in [6.07, 6.45) is 3.07. The molecule has 0 aliphatic carbocycles. The zero-order valence-corrected chi connectivity index (χ0v) is 15.2. The first kappa shape index (κ1) is 18.0. The van der Waals surface area contributed by atoms with Gasteiger partial charge >= 0.3 is 0 Å². The maximum atomic E-state index is 12.4. The Bertz CT molecular complexity index is 886. The van der Waals surface area contributed by atoms with Gasteiger partial charge in [-0.1, -0.05) is 24.3 Å². The van der Waals surface area contributed by atoms with Gasteiger partial charge < -0.3 is 19.4 Å². The Morgan fingerprint density at radius 1 is 1.08 bits per heavy atom. The van der Waals surface area contributed by atoms with Crippen molar-refractivity contribution >= 4 is 22.5 Å². The van der Waals surface area contributed by atoms with Gasteiger partial charge in [-0.2, -0.15) is 0 Å². The van der Waals surface area contributed by atoms with Crippen LogP contribution in [0.2, 0.25) is 0 Å². The molecule has 1 heterocycles. The lowest BCUT2D eigenvalue weighted by atomic mass is 10.1. The predicted octanol–water partition coefficient (Wildman–Crippen LogP) is 3.87. The van der Waals surface area contributed by atoms with Crippen LogP contribution in [0.25, 0.3) is 10.9 Å². The summed E-state index contributed by atoms with van der Waals surface area (Å²) in [6.45, 7) is 1.43. The number of hydrogen-bond acceptors (Lipinski definition) is 3. The van der Waals surface area contributed by atoms with Crippen LogP contribution in [0, 0.1) is 0 Å². The largest absolute Gasteiger partial charge is 0.496 e. The Kier molecular flexibility index (Phi) is 5.92. The van der Waals surface area contributed by atoms with Gasteiger partial charge in [0.1, 0.15) is 5.75 Å². The van der Waals surface area contributed by atoms with Gasteiger partial charge in [-0.3, -0.25) is 4.79 Å². The van der Waals surface area contributed by atoms with E-state index < -0.39 is 0 Å². The second-order valence-electron chi connectivity index (χ2n) is 6.10. The number of ether oxygens (including phenoxy) is 2. The molecule has 0 bridgehead atoms. The van der Waals surface area contributed by atoms with Crippen molar-refractivity contribution in [1.29, 1.82) is 0 Å². The highest BCUT2D eigenvalue weighted by Gasteiger charge is 2.10. The maximum Gasteiger partial charge on any atom is 0.224 e. The molecule has 0 saturated heterocycles. The molecule has 1 amide bonds. The topological polar surface area (TPSA) is 52.5 Å². The number of benzene rings is 2. The summed E-state index contributed by atoms with van der Waals surface area (Å²) < 4.78 is 12.6. The van der Waals surface area contributed by atoms with Crippen molar-refractivity contribution in [3.05, 3.63) is 60.3 Å². The van der Waals surface area contributed by atoms with Crippen LogP contribution in [-0.2, 0) is 22.5 Å². The minimum Gasteiger partial charge on any atom is -0.496 e. The molecule has 3 aromatic rings. The molecular weight excluding hydrogens is 328 g/mol. The monoisotopic (exact) mass is 352 g/mol. The average Bonchev–Trinajstić information content (AvgIpc) is 3.09. The van der Waals surface area contributed by atoms with Gasteiger partial charge in [0.05, 0.1) is 24.9 Å². The van der Waals surface area contributed by atoms with Crippen molar-refractivity contribution in [3.63, 3.8) is 0 Å². The molecule has 0 aliphatic heterocycles. The number of anilines is 1. The molecule has 1 N–H and O–H groups in total. The Morgan fingerprint density at radius 2 is 1.92 bits per heavy atom. The first-order valence-corrected chi connectivity index (χ1v) is 8.71. The number of nitrogens with zero attached hydrogens (tertiary/aromatic N) is 1. The van der Waals surface area contributed by atoms with Crippen molar-refractivity contribution in [2.45, 2.75) is 19.4 Å². The zero-order valence-electron chi connectivity index (χ0n) is 15.2. The Labute approximate surface area is 153 Å². The lowest BCUT2D eigenvalue weighted by Crippen LogP contribution is -2.12. The van der Waals surface area contributed by atoms with Gasteiger partial charge in [-0.15, -0.1) is 0 Å². The summed E-state index contributed by atoms with van der Waals surface area (Å²) >= 11 is 0. The third kappa shape index (κ3) is 4.06. The van der Waals surface area contributed by atoms with E-state index in [4.69, 9.17) is 9.47 Å². The number of methoxy groups -OCH3 is 2. The highest BCUT2D eigenvalue weighted by molar-refractivity contribution is 6.01. The van der Waals surface area contributed by atoms with Crippen molar-refractivity contribution in [2.75, 3.05) is 26.1 Å². The second kappa shape index (κ2) is 8.54. The summed E-state index contributed by atoms with van der Waals surface area (Å²) in [6, 6.07) is 15.8. The molecular formula is C21H24N2O3. The third-order valence-corrected chi connectivity index (χ3v) is 4.44. The number of nitrogens with one attached hydrogen (secondary N) is 1. The SMILES string of the molecule is COCCn1ccc2c(NC(=O)CCc3ccccc3OC)cccc21. The minimum absolute atomic E-state index is 0.00644. The van der Waals surface area contributed by atoms with Crippen LogP contribution < -0.4 is 10.1 Å². The fraction of sp³-hybridized carbons (Fsp3) is 0.286. The Hall–Kier alpha value is -2.79. The zero-order chi connectivity index (χ0) is 18.4. The Balaban J connectivity index is 1.68. The van der Waals surface area contributed by atoms with Gasteiger partial charge in [-0.25, -0.2) is 0 Å². The average molecular weight is 352 g/mol. The highest BCUT2D eigenvalue weighted by Crippen LogP contribution is 2.25. The summed E-state index contributed by atoms with van der Waals surface area (Å²) in [5, 5.41) is 4.07. The number of carbonyl (C=O) groups is 1. The molecule has 0 spiro atoms. The minimum atomic E-state index is -0.00644. The fourth-order valence-electron chi connectivity index (χ4n) is 3.09. The number of fused-ring (bicyclic) bond motifs is 1. The van der Waals surface area contributed by atoms with Crippen LogP contribution in [0.3, 0.4) is 0 Å². The van der Waals surface area contributed by atoms with Gasteiger partial charge in [0.2, 0.25) is 5.91 Å². The van der Waals surface area contributed by atoms with Gasteiger partial charge in [0.25, 0.3) is 0 Å². The highest BCUT2D eigenvalue weighted by atomic mass is 16.5. The lowest BCUT2D eigenvalue weighted by molar-refractivity contribution is -0.116. The van der Waals surface area contributed by atoms with Crippen LogP contribution in [-0.4, -0.2) is 31.3 Å². The van der Waals surface area contributed by atoms with E-state index in [1.807, 2.05) is 48.7 Å². The maximum absolute atomic E-state index is 12.4. The molecule has 2 aromatic carbocycles. The lowest BCUT2D eigenvalue weighted by Gasteiger charge is -2.10. The fourth-order valence-corrected chi connectivity index (χ4v) is 3.09. The summed E-state index contributed by atoms with van der Waals surface area (Å²) in [7, 11) is 3.34. The first-order valence-electron chi connectivity index (χ1n) is 8.71. The van der Waals surface area contributed by atoms with Crippen LogP contribution in [0.15, 0.2) is 54.7 Å². The van der Waals surface area contributed by atoms with Gasteiger partial charge in [-0.05, 0) is 36.2 Å². The summed E-state index contributed by atoms with van der Waals surface area (Å²) in [5.74, 6) is 0.811. The summed E-state index contributed by atoms with van der Waals surface area (Å²) in [5.41, 5.74) is 2.96. The van der Waals surface area contributed by atoms with E-state index in [2.05, 4.69) is 16.0 Å². The van der Waals surface area contributed by atoms with Gasteiger partial charge in [0.15, 0.2) is 0 Å². The standard InChI is InChI=1S/C21H24N2O3/c1-25-15-14-23-13-12-17-18(7-5-8-19(17)23)22-21(24)11-10-16-6-3-4-9-20(16)26-2/h3-9,12-13H,10-11,14-15H2,1-2H3,(H,22,24). The number of para-hydroxylation sites is 1. The second-order valence-corrected chi connectivity index (χ2v) is 6.10. The summed E-state index contributed by atoms with van der Waals surface area (Å²) in [4.78, 5) is 12.4. The van der Waals surface area contributed by atoms with Crippen molar-refractivity contribution in [2.24, 2.45) is 0 Å². The molecule has 26 heavy (non-hydrogen) atoms. The smallest absolute Gasteiger partial charge is 0.224 e. The normalized spacial score (nSPS) is 10.8. The molecule has 0 fully saturated rings. The molecule has 136 valence electrons. The number of aryl methyl sites for hydroxylation is 1. The Morgan fingerprint density at radius 3 is 2.73 bits per heavy atom. The quantitative estimate of drug-likeness (QED) is 0.670. The molecule has 0 aliphatic rings. The van der Waals surface area contributed by atoms with Crippen LogP contribution >= 0.6 is 0 Å². The van der Waals surface area contributed by atoms with E-state index in [0.717, 1.165) is 34.4 Å². The molecule has 5 heteroatoms. The molecule has 0 radical (unpaired) electrons. The van der Waals surface area contributed by atoms with E-state index >= 15 is 0 Å². The van der Waals surface area contributed by atoms with Crippen LogP contribution in [0.1, 0.15) is 12.0 Å². The number of carbonyl (C=O) groups excluding carboxylic acids is 1. The number of amides is 1. The molecule has 3 rings (SSSR count). The van der Waals surface area contributed by atoms with Crippen LogP contribution in [0.4, 0.5) is 5.69 Å². The van der Waals surface area contributed by atoms with E-state index in [9.17, 15) is 4.79 Å². The van der Waals surface area contributed by atoms with E-state index in [0.29, 0.717) is 19.4 Å².